The van der Waals surface area contributed by atoms with Gasteiger partial charge in [-0.05, 0) is 48.4 Å². The second kappa shape index (κ2) is 6.81. The molecule has 100 valence electrons. The summed E-state index contributed by atoms with van der Waals surface area (Å²) < 4.78 is 5.13. The highest BCUT2D eigenvalue weighted by molar-refractivity contribution is 5.39. The van der Waals surface area contributed by atoms with Gasteiger partial charge in [0.1, 0.15) is 5.75 Å². The summed E-state index contributed by atoms with van der Waals surface area (Å²) in [6.07, 6.45) is 1.01. The van der Waals surface area contributed by atoms with Crippen LogP contribution in [0.2, 0.25) is 0 Å². The summed E-state index contributed by atoms with van der Waals surface area (Å²) in [6, 6.07) is 16.2. The van der Waals surface area contributed by atoms with Crippen LogP contribution in [0.5, 0.6) is 5.75 Å². The average Bonchev–Trinajstić information content (AvgIpc) is 2.46. The Kier molecular flexibility index (Phi) is 4.81. The highest BCUT2D eigenvalue weighted by Crippen LogP contribution is 2.11. The SMILES string of the molecule is COc1ccc(CNCCc2ccc(N)cc2)cc1. The Balaban J connectivity index is 1.72. The molecule has 3 nitrogen and oxygen atoms in total. The van der Waals surface area contributed by atoms with Crippen molar-refractivity contribution < 1.29 is 4.74 Å². The van der Waals surface area contributed by atoms with Crippen LogP contribution in [0.25, 0.3) is 0 Å². The van der Waals surface area contributed by atoms with E-state index in [1.807, 2.05) is 24.3 Å². The number of benzene rings is 2. The molecule has 0 unspecified atom stereocenters. The average molecular weight is 256 g/mol. The first kappa shape index (κ1) is 13.4. The number of nitrogen functional groups attached to an aromatic ring is 1. The van der Waals surface area contributed by atoms with Crippen LogP contribution in [-0.2, 0) is 13.0 Å². The molecule has 2 aromatic rings. The molecule has 0 heterocycles. The molecule has 0 aliphatic heterocycles. The van der Waals surface area contributed by atoms with Crippen molar-refractivity contribution in [3.8, 4) is 5.75 Å². The summed E-state index contributed by atoms with van der Waals surface area (Å²) in [4.78, 5) is 0. The Morgan fingerprint density at radius 3 is 2.21 bits per heavy atom. The minimum absolute atomic E-state index is 0.815. The zero-order valence-corrected chi connectivity index (χ0v) is 11.2. The van der Waals surface area contributed by atoms with E-state index >= 15 is 0 Å². The van der Waals surface area contributed by atoms with Crippen LogP contribution in [0.1, 0.15) is 11.1 Å². The standard InChI is InChI=1S/C16H20N2O/c1-19-16-8-4-14(5-9-16)12-18-11-10-13-2-6-15(17)7-3-13/h2-9,18H,10-12,17H2,1H3. The highest BCUT2D eigenvalue weighted by atomic mass is 16.5. The molecule has 2 rings (SSSR count). The fourth-order valence-electron chi connectivity index (χ4n) is 1.89. The number of nitrogens with one attached hydrogen (secondary N) is 1. The van der Waals surface area contributed by atoms with Crippen LogP contribution >= 0.6 is 0 Å². The summed E-state index contributed by atoms with van der Waals surface area (Å²) in [5.41, 5.74) is 9.03. The maximum absolute atomic E-state index is 5.66. The highest BCUT2D eigenvalue weighted by Gasteiger charge is 1.96. The van der Waals surface area contributed by atoms with Crippen molar-refractivity contribution in [1.29, 1.82) is 0 Å². The van der Waals surface area contributed by atoms with Gasteiger partial charge in [0.25, 0.3) is 0 Å². The minimum Gasteiger partial charge on any atom is -0.497 e. The predicted octanol–water partition coefficient (Wildman–Crippen LogP) is 2.61. The van der Waals surface area contributed by atoms with E-state index < -0.39 is 0 Å². The van der Waals surface area contributed by atoms with E-state index in [2.05, 4.69) is 29.6 Å². The number of hydrogen-bond acceptors (Lipinski definition) is 3. The first-order valence-corrected chi connectivity index (χ1v) is 6.46. The molecule has 2 aromatic carbocycles. The van der Waals surface area contributed by atoms with Gasteiger partial charge in [0.05, 0.1) is 7.11 Å². The van der Waals surface area contributed by atoms with E-state index in [0.29, 0.717) is 0 Å². The number of ether oxygens (including phenoxy) is 1. The molecule has 0 fully saturated rings. The summed E-state index contributed by atoms with van der Waals surface area (Å²) in [5.74, 6) is 0.894. The maximum Gasteiger partial charge on any atom is 0.118 e. The number of nitrogens with two attached hydrogens (primary N) is 1. The van der Waals surface area contributed by atoms with Gasteiger partial charge in [-0.25, -0.2) is 0 Å². The monoisotopic (exact) mass is 256 g/mol. The summed E-state index contributed by atoms with van der Waals surface area (Å²) >= 11 is 0. The van der Waals surface area contributed by atoms with Crippen LogP contribution in [0.4, 0.5) is 5.69 Å². The van der Waals surface area contributed by atoms with Crippen molar-refractivity contribution in [1.82, 2.24) is 5.32 Å². The van der Waals surface area contributed by atoms with Crippen LogP contribution < -0.4 is 15.8 Å². The third-order valence-electron chi connectivity index (χ3n) is 3.06. The van der Waals surface area contributed by atoms with Gasteiger partial charge in [-0.3, -0.25) is 0 Å². The largest absolute Gasteiger partial charge is 0.497 e. The van der Waals surface area contributed by atoms with Crippen molar-refractivity contribution in [3.05, 3.63) is 59.7 Å². The van der Waals surface area contributed by atoms with E-state index in [1.165, 1.54) is 11.1 Å². The molecular weight excluding hydrogens is 236 g/mol. The second-order valence-electron chi connectivity index (χ2n) is 4.52. The third-order valence-corrected chi connectivity index (χ3v) is 3.06. The van der Waals surface area contributed by atoms with E-state index in [0.717, 1.165) is 30.9 Å². The van der Waals surface area contributed by atoms with Gasteiger partial charge in [0, 0.05) is 12.2 Å². The molecule has 0 amide bonds. The number of hydrogen-bond donors (Lipinski definition) is 2. The van der Waals surface area contributed by atoms with E-state index in [1.54, 1.807) is 7.11 Å². The number of anilines is 1. The van der Waals surface area contributed by atoms with Crippen molar-refractivity contribution in [2.24, 2.45) is 0 Å². The van der Waals surface area contributed by atoms with Crippen molar-refractivity contribution >= 4 is 5.69 Å². The molecule has 0 aromatic heterocycles. The van der Waals surface area contributed by atoms with Gasteiger partial charge >= 0.3 is 0 Å². The van der Waals surface area contributed by atoms with Crippen LogP contribution in [0, 0.1) is 0 Å². The first-order valence-electron chi connectivity index (χ1n) is 6.46. The summed E-state index contributed by atoms with van der Waals surface area (Å²) in [6.45, 7) is 1.83. The van der Waals surface area contributed by atoms with Gasteiger partial charge in [0.15, 0.2) is 0 Å². The Bertz CT molecular complexity index is 491. The normalized spacial score (nSPS) is 10.4. The van der Waals surface area contributed by atoms with Gasteiger partial charge in [-0.15, -0.1) is 0 Å². The predicted molar refractivity (Wildman–Crippen MR) is 79.3 cm³/mol. The molecule has 0 aliphatic rings. The summed E-state index contributed by atoms with van der Waals surface area (Å²) in [5, 5.41) is 3.43. The van der Waals surface area contributed by atoms with Crippen LogP contribution in [0.3, 0.4) is 0 Å². The van der Waals surface area contributed by atoms with Gasteiger partial charge in [0.2, 0.25) is 0 Å². The number of rotatable bonds is 6. The van der Waals surface area contributed by atoms with E-state index in [9.17, 15) is 0 Å². The lowest BCUT2D eigenvalue weighted by molar-refractivity contribution is 0.414. The molecule has 0 spiro atoms. The quantitative estimate of drug-likeness (QED) is 0.617. The molecule has 0 saturated heterocycles. The Morgan fingerprint density at radius 2 is 1.58 bits per heavy atom. The lowest BCUT2D eigenvalue weighted by Crippen LogP contribution is -2.16. The van der Waals surface area contributed by atoms with E-state index in [4.69, 9.17) is 10.5 Å². The second-order valence-corrected chi connectivity index (χ2v) is 4.52. The topological polar surface area (TPSA) is 47.3 Å². The lowest BCUT2D eigenvalue weighted by Gasteiger charge is -2.06. The van der Waals surface area contributed by atoms with Crippen LogP contribution in [0.15, 0.2) is 48.5 Å². The minimum atomic E-state index is 0.815. The Morgan fingerprint density at radius 1 is 0.947 bits per heavy atom. The fraction of sp³-hybridized carbons (Fsp3) is 0.250. The van der Waals surface area contributed by atoms with Crippen molar-refractivity contribution in [2.45, 2.75) is 13.0 Å². The molecule has 0 atom stereocenters. The first-order chi connectivity index (χ1) is 9.28. The van der Waals surface area contributed by atoms with Gasteiger partial charge < -0.3 is 15.8 Å². The molecular formula is C16H20N2O. The Labute approximate surface area is 114 Å². The third kappa shape index (κ3) is 4.30. The smallest absolute Gasteiger partial charge is 0.118 e. The molecule has 0 aliphatic carbocycles. The molecule has 3 heteroatoms. The summed E-state index contributed by atoms with van der Waals surface area (Å²) in [7, 11) is 1.68. The van der Waals surface area contributed by atoms with Gasteiger partial charge in [-0.1, -0.05) is 24.3 Å². The molecule has 0 radical (unpaired) electrons. The van der Waals surface area contributed by atoms with E-state index in [-0.39, 0.29) is 0 Å². The van der Waals surface area contributed by atoms with Gasteiger partial charge in [-0.2, -0.15) is 0 Å². The number of methoxy groups -OCH3 is 1. The fourth-order valence-corrected chi connectivity index (χ4v) is 1.89. The zero-order chi connectivity index (χ0) is 13.5. The molecule has 19 heavy (non-hydrogen) atoms. The zero-order valence-electron chi connectivity index (χ0n) is 11.2. The van der Waals surface area contributed by atoms with Crippen molar-refractivity contribution in [2.75, 3.05) is 19.4 Å². The van der Waals surface area contributed by atoms with Crippen LogP contribution in [-0.4, -0.2) is 13.7 Å². The molecule has 0 saturated carbocycles. The van der Waals surface area contributed by atoms with Crippen molar-refractivity contribution in [3.63, 3.8) is 0 Å². The lowest BCUT2D eigenvalue weighted by atomic mass is 10.1. The molecule has 3 N–H and O–H groups in total. The Hall–Kier alpha value is -2.00. The maximum atomic E-state index is 5.66. The molecule has 0 bridgehead atoms.